The van der Waals surface area contributed by atoms with E-state index in [0.29, 0.717) is 0 Å². The van der Waals surface area contributed by atoms with Crippen LogP contribution < -0.4 is 10.5 Å². The number of hydrogen-bond acceptors (Lipinski definition) is 7. The number of nitrogens with two attached hydrogens (primary N) is 1. The van der Waals surface area contributed by atoms with Crippen LogP contribution in [0.25, 0.3) is 0 Å². The first-order chi connectivity index (χ1) is 9.27. The zero-order valence-corrected chi connectivity index (χ0v) is 10.3. The van der Waals surface area contributed by atoms with Crippen molar-refractivity contribution in [3.63, 3.8) is 0 Å². The fourth-order valence-electron chi connectivity index (χ4n) is 1.61. The molecule has 3 N–H and O–H groups in total. The number of benzene rings is 1. The summed E-state index contributed by atoms with van der Waals surface area (Å²) in [5.74, 6) is -1.57. The zero-order valence-electron chi connectivity index (χ0n) is 10.3. The Labute approximate surface area is 112 Å². The van der Waals surface area contributed by atoms with E-state index in [1.807, 2.05) is 0 Å². The van der Waals surface area contributed by atoms with E-state index in [9.17, 15) is 25.0 Å². The Hall–Kier alpha value is -2.75. The Bertz CT molecular complexity index is 572. The van der Waals surface area contributed by atoms with Crippen molar-refractivity contribution in [2.75, 3.05) is 7.11 Å². The number of carboxylic acid groups (broad SMARTS) is 1. The van der Waals surface area contributed by atoms with Crippen LogP contribution >= 0.6 is 0 Å². The average Bonchev–Trinajstić information content (AvgIpc) is 2.37. The number of nitro groups is 2. The maximum atomic E-state index is 10.9. The largest absolute Gasteiger partial charge is 0.490 e. The topological polar surface area (TPSA) is 159 Å². The first kappa shape index (κ1) is 15.3. The van der Waals surface area contributed by atoms with Gasteiger partial charge in [0.25, 0.3) is 5.69 Å². The second kappa shape index (κ2) is 5.93. The van der Waals surface area contributed by atoms with Crippen LogP contribution in [0.15, 0.2) is 12.1 Å². The molecule has 10 nitrogen and oxygen atoms in total. The number of nitrogens with zero attached hydrogens (tertiary/aromatic N) is 2. The highest BCUT2D eigenvalue weighted by molar-refractivity contribution is 5.74. The van der Waals surface area contributed by atoms with E-state index < -0.39 is 33.2 Å². The Morgan fingerprint density at radius 1 is 1.40 bits per heavy atom. The van der Waals surface area contributed by atoms with Crippen molar-refractivity contribution >= 4 is 17.3 Å². The Morgan fingerprint density at radius 3 is 2.40 bits per heavy atom. The van der Waals surface area contributed by atoms with Crippen molar-refractivity contribution in [1.82, 2.24) is 0 Å². The third-order valence-corrected chi connectivity index (χ3v) is 2.50. The highest BCUT2D eigenvalue weighted by Gasteiger charge is 2.27. The molecule has 0 amide bonds. The molecular formula is C10H11N3O7. The molecule has 20 heavy (non-hydrogen) atoms. The summed E-state index contributed by atoms with van der Waals surface area (Å²) in [7, 11) is 1.14. The van der Waals surface area contributed by atoms with Crippen LogP contribution in [0, 0.1) is 20.2 Å². The number of methoxy groups -OCH3 is 1. The number of carbonyl (C=O) groups is 1. The van der Waals surface area contributed by atoms with E-state index in [1.165, 1.54) is 0 Å². The molecular weight excluding hydrogens is 274 g/mol. The average molecular weight is 285 g/mol. The van der Waals surface area contributed by atoms with Gasteiger partial charge in [0.15, 0.2) is 0 Å². The Morgan fingerprint density at radius 2 is 2.00 bits per heavy atom. The Balaban J connectivity index is 3.42. The van der Waals surface area contributed by atoms with E-state index >= 15 is 0 Å². The maximum absolute atomic E-state index is 10.9. The molecule has 10 heteroatoms. The summed E-state index contributed by atoms with van der Waals surface area (Å²) in [4.78, 5) is 30.7. The number of aliphatic carboxylic acids is 1. The number of nitro benzene ring substituents is 2. The minimum Gasteiger partial charge on any atom is -0.490 e. The number of carboxylic acids is 1. The molecule has 0 saturated carbocycles. The summed E-state index contributed by atoms with van der Waals surface area (Å²) >= 11 is 0. The van der Waals surface area contributed by atoms with Crippen molar-refractivity contribution in [2.45, 2.75) is 12.5 Å². The van der Waals surface area contributed by atoms with Gasteiger partial charge in [-0.2, -0.15) is 0 Å². The number of hydrogen-bond donors (Lipinski definition) is 2. The minimum atomic E-state index is -1.36. The molecule has 1 atom stereocenters. The molecule has 0 heterocycles. The second-order valence-corrected chi connectivity index (χ2v) is 3.82. The number of ether oxygens (including phenoxy) is 1. The molecule has 1 aromatic carbocycles. The van der Waals surface area contributed by atoms with Crippen LogP contribution in [0.1, 0.15) is 5.56 Å². The van der Waals surface area contributed by atoms with Crippen molar-refractivity contribution in [3.05, 3.63) is 37.9 Å². The lowest BCUT2D eigenvalue weighted by Crippen LogP contribution is -2.32. The van der Waals surface area contributed by atoms with Gasteiger partial charge in [-0.15, -0.1) is 0 Å². The molecule has 0 fully saturated rings. The van der Waals surface area contributed by atoms with Gasteiger partial charge >= 0.3 is 11.7 Å². The van der Waals surface area contributed by atoms with Crippen molar-refractivity contribution in [1.29, 1.82) is 0 Å². The van der Waals surface area contributed by atoms with Crippen LogP contribution in [0.4, 0.5) is 11.4 Å². The molecule has 0 aliphatic heterocycles. The molecule has 0 saturated heterocycles. The molecule has 0 radical (unpaired) electrons. The summed E-state index contributed by atoms with van der Waals surface area (Å²) in [5, 5.41) is 30.4. The molecule has 1 unspecified atom stereocenters. The standard InChI is InChI=1S/C10H11N3O7/c1-20-9-5(3-7(11)10(14)15)2-6(12(16)17)4-8(9)13(18)19/h2,4,7H,3,11H2,1H3,(H,14,15). The van der Waals surface area contributed by atoms with E-state index in [1.54, 1.807) is 0 Å². The lowest BCUT2D eigenvalue weighted by molar-refractivity contribution is -0.394. The minimum absolute atomic E-state index is 0.0108. The van der Waals surface area contributed by atoms with Crippen LogP contribution in [-0.2, 0) is 11.2 Å². The summed E-state index contributed by atoms with van der Waals surface area (Å²) in [6.07, 6.45) is -0.332. The molecule has 0 aromatic heterocycles. The predicted octanol–water partition coefficient (Wildman–Crippen LogP) is 0.466. The first-order valence-electron chi connectivity index (χ1n) is 5.26. The predicted molar refractivity (Wildman–Crippen MR) is 65.6 cm³/mol. The van der Waals surface area contributed by atoms with Crippen molar-refractivity contribution in [2.24, 2.45) is 5.73 Å². The molecule has 0 aliphatic carbocycles. The molecule has 0 bridgehead atoms. The quantitative estimate of drug-likeness (QED) is 0.563. The lowest BCUT2D eigenvalue weighted by atomic mass is 10.0. The van der Waals surface area contributed by atoms with Gasteiger partial charge in [-0.05, 0) is 0 Å². The SMILES string of the molecule is COc1c(CC(N)C(=O)O)cc([N+](=O)[O-])cc1[N+](=O)[O-]. The van der Waals surface area contributed by atoms with Gasteiger partial charge in [0, 0.05) is 18.1 Å². The van der Waals surface area contributed by atoms with Gasteiger partial charge in [0.2, 0.25) is 5.75 Å². The van der Waals surface area contributed by atoms with Gasteiger partial charge < -0.3 is 15.6 Å². The molecule has 108 valence electrons. The zero-order chi connectivity index (χ0) is 15.4. The fourth-order valence-corrected chi connectivity index (χ4v) is 1.61. The molecule has 1 aromatic rings. The van der Waals surface area contributed by atoms with Crippen molar-refractivity contribution < 1.29 is 24.5 Å². The Kier molecular flexibility index (Phi) is 4.54. The highest BCUT2D eigenvalue weighted by Crippen LogP contribution is 2.35. The van der Waals surface area contributed by atoms with E-state index in [2.05, 4.69) is 0 Å². The van der Waals surface area contributed by atoms with E-state index in [-0.39, 0.29) is 17.7 Å². The summed E-state index contributed by atoms with van der Waals surface area (Å²) < 4.78 is 4.84. The third-order valence-electron chi connectivity index (χ3n) is 2.50. The van der Waals surface area contributed by atoms with Crippen LogP contribution in [0.3, 0.4) is 0 Å². The lowest BCUT2D eigenvalue weighted by Gasteiger charge is -2.11. The molecule has 0 aliphatic rings. The van der Waals surface area contributed by atoms with Gasteiger partial charge in [0.05, 0.1) is 23.0 Å². The summed E-state index contributed by atoms with van der Waals surface area (Å²) in [5.41, 5.74) is 4.17. The number of rotatable bonds is 6. The maximum Gasteiger partial charge on any atom is 0.320 e. The monoisotopic (exact) mass is 285 g/mol. The number of non-ortho nitro benzene ring substituents is 1. The highest BCUT2D eigenvalue weighted by atomic mass is 16.6. The summed E-state index contributed by atoms with van der Waals surface area (Å²) in [6, 6.07) is 0.397. The van der Waals surface area contributed by atoms with E-state index in [0.717, 1.165) is 19.2 Å². The van der Waals surface area contributed by atoms with Crippen LogP contribution in [-0.4, -0.2) is 34.1 Å². The van der Waals surface area contributed by atoms with E-state index in [4.69, 9.17) is 15.6 Å². The fraction of sp³-hybridized carbons (Fsp3) is 0.300. The molecule has 1 rings (SSSR count). The first-order valence-corrected chi connectivity index (χ1v) is 5.26. The van der Waals surface area contributed by atoms with Crippen molar-refractivity contribution in [3.8, 4) is 5.75 Å². The van der Waals surface area contributed by atoms with Crippen LogP contribution in [0.5, 0.6) is 5.75 Å². The summed E-state index contributed by atoms with van der Waals surface area (Å²) in [6.45, 7) is 0. The van der Waals surface area contributed by atoms with Crippen LogP contribution in [0.2, 0.25) is 0 Å². The molecule has 0 spiro atoms. The van der Waals surface area contributed by atoms with Gasteiger partial charge in [0.1, 0.15) is 6.04 Å². The second-order valence-electron chi connectivity index (χ2n) is 3.82. The van der Waals surface area contributed by atoms with Gasteiger partial charge in [-0.25, -0.2) is 0 Å². The smallest absolute Gasteiger partial charge is 0.320 e. The van der Waals surface area contributed by atoms with Gasteiger partial charge in [-0.1, -0.05) is 0 Å². The third kappa shape index (κ3) is 3.17. The normalized spacial score (nSPS) is 11.7. The van der Waals surface area contributed by atoms with Gasteiger partial charge in [-0.3, -0.25) is 25.0 Å².